The van der Waals surface area contributed by atoms with Crippen molar-refractivity contribution in [1.82, 2.24) is 10.6 Å². The Morgan fingerprint density at radius 2 is 2.07 bits per heavy atom. The van der Waals surface area contributed by atoms with Crippen LogP contribution in [0.1, 0.15) is 32.4 Å². The molecule has 2 amide bonds. The monoisotopic (exact) mass is 379 g/mol. The maximum Gasteiger partial charge on any atom is 0.338 e. The van der Waals surface area contributed by atoms with E-state index in [4.69, 9.17) is 9.47 Å². The fourth-order valence-corrected chi connectivity index (χ4v) is 2.61. The van der Waals surface area contributed by atoms with Crippen LogP contribution in [-0.4, -0.2) is 35.7 Å². The number of phenols is 1. The van der Waals surface area contributed by atoms with Crippen molar-refractivity contribution in [2.24, 2.45) is 5.92 Å². The van der Waals surface area contributed by atoms with E-state index in [1.165, 1.54) is 20.1 Å². The number of carbonyl (C=O) groups excluding carboxylic acids is 2. The summed E-state index contributed by atoms with van der Waals surface area (Å²) in [4.78, 5) is 34.9. The maximum atomic E-state index is 12.6. The number of allylic oxidation sites excluding steroid dienone is 1. The number of ether oxygens (including phenoxy) is 2. The van der Waals surface area contributed by atoms with Gasteiger partial charge in [0.25, 0.3) is 0 Å². The zero-order valence-corrected chi connectivity index (χ0v) is 15.4. The van der Waals surface area contributed by atoms with Crippen LogP contribution < -0.4 is 15.4 Å². The number of hydrogen-bond donors (Lipinski definition) is 3. The van der Waals surface area contributed by atoms with Crippen LogP contribution in [0, 0.1) is 16.0 Å². The highest BCUT2D eigenvalue weighted by atomic mass is 16.6. The van der Waals surface area contributed by atoms with Crippen molar-refractivity contribution in [1.29, 1.82) is 0 Å². The smallest absolute Gasteiger partial charge is 0.338 e. The van der Waals surface area contributed by atoms with Crippen LogP contribution in [0.3, 0.4) is 0 Å². The van der Waals surface area contributed by atoms with Crippen LogP contribution in [0.25, 0.3) is 0 Å². The summed E-state index contributed by atoms with van der Waals surface area (Å²) in [6.45, 7) is 5.46. The first-order valence-electron chi connectivity index (χ1n) is 8.16. The summed E-state index contributed by atoms with van der Waals surface area (Å²) in [5.41, 5.74) is -0.0313. The standard InChI is InChI=1S/C17H21N3O7/c1-8(2)7-27-16(22)13-9(3)18-17(23)19-14(13)10-5-11(20(24)25)15(21)12(6-10)26-4/h5-6,8,14,21H,7H2,1-4H3,(H2,18,19,23). The summed E-state index contributed by atoms with van der Waals surface area (Å²) in [5, 5.41) is 26.2. The number of phenolic OH excluding ortho intramolecular Hbond substituents is 1. The number of nitrogens with one attached hydrogen (secondary N) is 2. The van der Waals surface area contributed by atoms with Crippen molar-refractivity contribution in [3.63, 3.8) is 0 Å². The highest BCUT2D eigenvalue weighted by Gasteiger charge is 2.34. The van der Waals surface area contributed by atoms with Crippen molar-refractivity contribution in [2.45, 2.75) is 26.8 Å². The van der Waals surface area contributed by atoms with Gasteiger partial charge in [-0.25, -0.2) is 9.59 Å². The number of rotatable bonds is 6. The van der Waals surface area contributed by atoms with E-state index in [1.54, 1.807) is 0 Å². The van der Waals surface area contributed by atoms with E-state index in [2.05, 4.69) is 10.6 Å². The Bertz CT molecular complexity index is 817. The Hall–Kier alpha value is -3.30. The van der Waals surface area contributed by atoms with Gasteiger partial charge < -0.3 is 25.2 Å². The summed E-state index contributed by atoms with van der Waals surface area (Å²) in [6, 6.07) is 0.817. The molecule has 0 aliphatic carbocycles. The number of nitro benzene ring substituents is 1. The molecule has 0 saturated heterocycles. The molecule has 0 radical (unpaired) electrons. The first-order valence-corrected chi connectivity index (χ1v) is 8.16. The molecule has 1 atom stereocenters. The van der Waals surface area contributed by atoms with Crippen molar-refractivity contribution < 1.29 is 29.1 Å². The Morgan fingerprint density at radius 1 is 1.41 bits per heavy atom. The second-order valence-corrected chi connectivity index (χ2v) is 6.41. The van der Waals surface area contributed by atoms with E-state index in [1.807, 2.05) is 13.8 Å². The summed E-state index contributed by atoms with van der Waals surface area (Å²) < 4.78 is 10.2. The van der Waals surface area contributed by atoms with E-state index in [0.29, 0.717) is 0 Å². The van der Waals surface area contributed by atoms with E-state index in [0.717, 1.165) is 6.07 Å². The van der Waals surface area contributed by atoms with Crippen LogP contribution in [0.2, 0.25) is 0 Å². The van der Waals surface area contributed by atoms with Crippen LogP contribution in [0.5, 0.6) is 11.5 Å². The van der Waals surface area contributed by atoms with Gasteiger partial charge in [-0.3, -0.25) is 10.1 Å². The van der Waals surface area contributed by atoms with E-state index >= 15 is 0 Å². The van der Waals surface area contributed by atoms with E-state index in [-0.39, 0.29) is 35.1 Å². The molecule has 1 aromatic rings. The number of aromatic hydroxyl groups is 1. The molecule has 3 N–H and O–H groups in total. The molecular formula is C17H21N3O7. The Labute approximate surface area is 155 Å². The first kappa shape index (κ1) is 20.0. The molecular weight excluding hydrogens is 358 g/mol. The van der Waals surface area contributed by atoms with Gasteiger partial charge in [-0.2, -0.15) is 0 Å². The van der Waals surface area contributed by atoms with Crippen LogP contribution >= 0.6 is 0 Å². The minimum Gasteiger partial charge on any atom is -0.500 e. The third kappa shape index (κ3) is 4.27. The number of esters is 1. The van der Waals surface area contributed by atoms with Gasteiger partial charge in [0.15, 0.2) is 5.75 Å². The van der Waals surface area contributed by atoms with Gasteiger partial charge in [0.05, 0.1) is 30.3 Å². The molecule has 0 fully saturated rings. The number of carbonyl (C=O) groups is 2. The lowest BCUT2D eigenvalue weighted by molar-refractivity contribution is -0.386. The molecule has 2 rings (SSSR count). The molecule has 1 aliphatic heterocycles. The topological polar surface area (TPSA) is 140 Å². The summed E-state index contributed by atoms with van der Waals surface area (Å²) in [7, 11) is 1.24. The SMILES string of the molecule is COc1cc(C2NC(=O)NC(C)=C2C(=O)OCC(C)C)cc([N+](=O)[O-])c1O. The summed E-state index contributed by atoms with van der Waals surface area (Å²) in [6.07, 6.45) is 0. The second-order valence-electron chi connectivity index (χ2n) is 6.41. The molecule has 1 aromatic carbocycles. The Kier molecular flexibility index (Phi) is 5.88. The number of hydrogen-bond acceptors (Lipinski definition) is 7. The van der Waals surface area contributed by atoms with Gasteiger partial charge in [0, 0.05) is 11.8 Å². The zero-order valence-electron chi connectivity index (χ0n) is 15.4. The number of amides is 2. The number of urea groups is 1. The molecule has 0 spiro atoms. The number of nitrogens with zero attached hydrogens (tertiary/aromatic N) is 1. The van der Waals surface area contributed by atoms with Crippen molar-refractivity contribution in [3.05, 3.63) is 39.1 Å². The fraction of sp³-hybridized carbons (Fsp3) is 0.412. The Morgan fingerprint density at radius 3 is 2.63 bits per heavy atom. The molecule has 1 unspecified atom stereocenters. The zero-order chi connectivity index (χ0) is 20.3. The number of methoxy groups -OCH3 is 1. The molecule has 146 valence electrons. The molecule has 0 bridgehead atoms. The highest BCUT2D eigenvalue weighted by Crippen LogP contribution is 2.40. The van der Waals surface area contributed by atoms with Crippen molar-refractivity contribution in [2.75, 3.05) is 13.7 Å². The predicted molar refractivity (Wildman–Crippen MR) is 94.2 cm³/mol. The third-order valence-electron chi connectivity index (χ3n) is 3.86. The van der Waals surface area contributed by atoms with Crippen molar-refractivity contribution >= 4 is 17.7 Å². The van der Waals surface area contributed by atoms with E-state index < -0.39 is 34.4 Å². The van der Waals surface area contributed by atoms with Gasteiger partial charge in [-0.05, 0) is 24.5 Å². The van der Waals surface area contributed by atoms with Gasteiger partial charge in [0.2, 0.25) is 5.75 Å². The fourth-order valence-electron chi connectivity index (χ4n) is 2.61. The summed E-state index contributed by atoms with van der Waals surface area (Å²) >= 11 is 0. The van der Waals surface area contributed by atoms with Gasteiger partial charge in [-0.15, -0.1) is 0 Å². The average Bonchev–Trinajstić information content (AvgIpc) is 2.58. The largest absolute Gasteiger partial charge is 0.500 e. The number of nitro groups is 1. The van der Waals surface area contributed by atoms with Gasteiger partial charge in [0.1, 0.15) is 0 Å². The third-order valence-corrected chi connectivity index (χ3v) is 3.86. The number of benzene rings is 1. The van der Waals surface area contributed by atoms with Crippen LogP contribution in [0.4, 0.5) is 10.5 Å². The maximum absolute atomic E-state index is 12.6. The molecule has 10 heteroatoms. The molecule has 1 heterocycles. The first-order chi connectivity index (χ1) is 12.6. The van der Waals surface area contributed by atoms with Crippen molar-refractivity contribution in [3.8, 4) is 11.5 Å². The summed E-state index contributed by atoms with van der Waals surface area (Å²) in [5.74, 6) is -1.35. The molecule has 1 aliphatic rings. The minimum atomic E-state index is -1.01. The lowest BCUT2D eigenvalue weighted by Crippen LogP contribution is -2.45. The Balaban J connectivity index is 2.54. The lowest BCUT2D eigenvalue weighted by atomic mass is 9.94. The second kappa shape index (κ2) is 7.94. The molecule has 0 aromatic heterocycles. The predicted octanol–water partition coefficient (Wildman–Crippen LogP) is 2.14. The normalized spacial score (nSPS) is 16.6. The minimum absolute atomic E-state index is 0.106. The molecule has 10 nitrogen and oxygen atoms in total. The average molecular weight is 379 g/mol. The van der Waals surface area contributed by atoms with Crippen LogP contribution in [0.15, 0.2) is 23.4 Å². The van der Waals surface area contributed by atoms with Gasteiger partial charge >= 0.3 is 17.7 Å². The van der Waals surface area contributed by atoms with E-state index in [9.17, 15) is 24.8 Å². The van der Waals surface area contributed by atoms with Gasteiger partial charge in [-0.1, -0.05) is 13.8 Å². The lowest BCUT2D eigenvalue weighted by Gasteiger charge is -2.28. The highest BCUT2D eigenvalue weighted by molar-refractivity contribution is 5.95. The molecule has 27 heavy (non-hydrogen) atoms. The quantitative estimate of drug-likeness (QED) is 0.391. The van der Waals surface area contributed by atoms with Crippen LogP contribution in [-0.2, 0) is 9.53 Å². The molecule has 0 saturated carbocycles.